The van der Waals surface area contributed by atoms with Gasteiger partial charge in [-0.05, 0) is 67.9 Å². The lowest BCUT2D eigenvalue weighted by molar-refractivity contribution is 0.180. The highest BCUT2D eigenvalue weighted by Crippen LogP contribution is 2.48. The number of hydrogen-bond donors (Lipinski definition) is 1. The van der Waals surface area contributed by atoms with Gasteiger partial charge in [0.1, 0.15) is 11.6 Å². The van der Waals surface area contributed by atoms with Gasteiger partial charge in [0.05, 0.1) is 7.11 Å². The number of hydrogen-bond acceptors (Lipinski definition) is 3. The van der Waals surface area contributed by atoms with E-state index in [0.29, 0.717) is 12.2 Å². The van der Waals surface area contributed by atoms with Crippen LogP contribution in [0.1, 0.15) is 18.4 Å². The number of benzene rings is 2. The zero-order chi connectivity index (χ0) is 20.4. The molecule has 152 valence electrons. The zero-order valence-electron chi connectivity index (χ0n) is 16.7. The first-order chi connectivity index (χ1) is 14.0. The highest BCUT2D eigenvalue weighted by molar-refractivity contribution is 6.03. The molecular weight excluding hydrogens is 369 g/mol. The molecule has 0 radical (unpaired) electrons. The molecule has 0 bridgehead atoms. The van der Waals surface area contributed by atoms with Crippen LogP contribution in [0.15, 0.2) is 55.1 Å². The standard InChI is InChI=1S/C23H26FN3O2/c1-3-11-26-12-9-23(10-13-26)16-27(21-8-7-19(29-2)15-20(21)23)22(28)25-18-6-4-5-17(24)14-18/h3-8,14-15H,1,9-13,16H2,2H3,(H,25,28). The number of nitrogens with zero attached hydrogens (tertiary/aromatic N) is 2. The molecule has 6 heteroatoms. The maximum Gasteiger partial charge on any atom is 0.326 e. The third-order valence-electron chi connectivity index (χ3n) is 6.05. The van der Waals surface area contributed by atoms with Crippen LogP contribution in [0.5, 0.6) is 5.75 Å². The Hall–Kier alpha value is -2.86. The van der Waals surface area contributed by atoms with Crippen LogP contribution < -0.4 is 15.0 Å². The summed E-state index contributed by atoms with van der Waals surface area (Å²) in [5, 5.41) is 2.84. The maximum atomic E-state index is 13.5. The number of amides is 2. The van der Waals surface area contributed by atoms with Crippen LogP contribution in [0.4, 0.5) is 20.6 Å². The fraction of sp³-hybridized carbons (Fsp3) is 0.348. The molecule has 0 unspecified atom stereocenters. The third-order valence-corrected chi connectivity index (χ3v) is 6.05. The average Bonchev–Trinajstić information content (AvgIpc) is 3.04. The zero-order valence-corrected chi connectivity index (χ0v) is 16.7. The summed E-state index contributed by atoms with van der Waals surface area (Å²) in [4.78, 5) is 17.2. The molecule has 0 aromatic heterocycles. The molecule has 2 aromatic carbocycles. The smallest absolute Gasteiger partial charge is 0.326 e. The Balaban J connectivity index is 1.62. The van der Waals surface area contributed by atoms with Crippen molar-refractivity contribution in [1.82, 2.24) is 4.90 Å². The van der Waals surface area contributed by atoms with Gasteiger partial charge in [-0.25, -0.2) is 9.18 Å². The molecule has 2 heterocycles. The van der Waals surface area contributed by atoms with Gasteiger partial charge in [-0.15, -0.1) is 6.58 Å². The topological polar surface area (TPSA) is 44.8 Å². The molecule has 0 atom stereocenters. The Morgan fingerprint density at radius 1 is 1.28 bits per heavy atom. The van der Waals surface area contributed by atoms with Gasteiger partial charge in [-0.2, -0.15) is 0 Å². The van der Waals surface area contributed by atoms with Crippen LogP contribution in [0.3, 0.4) is 0 Å². The summed E-state index contributed by atoms with van der Waals surface area (Å²) in [6.07, 6.45) is 3.86. The minimum Gasteiger partial charge on any atom is -0.497 e. The Kier molecular flexibility index (Phi) is 5.28. The summed E-state index contributed by atoms with van der Waals surface area (Å²) in [5.41, 5.74) is 2.41. The first-order valence-electron chi connectivity index (χ1n) is 9.90. The van der Waals surface area contributed by atoms with Crippen LogP contribution in [0.25, 0.3) is 0 Å². The van der Waals surface area contributed by atoms with E-state index < -0.39 is 0 Å². The molecule has 2 aliphatic heterocycles. The molecule has 29 heavy (non-hydrogen) atoms. The molecule has 1 saturated heterocycles. The normalized spacial score (nSPS) is 17.8. The minimum absolute atomic E-state index is 0.0964. The van der Waals surface area contributed by atoms with Gasteiger partial charge < -0.3 is 10.1 Å². The molecular formula is C23H26FN3O2. The van der Waals surface area contributed by atoms with Crippen LogP contribution in [-0.2, 0) is 5.41 Å². The fourth-order valence-corrected chi connectivity index (χ4v) is 4.49. The lowest BCUT2D eigenvalue weighted by atomic mass is 9.74. The summed E-state index contributed by atoms with van der Waals surface area (Å²) in [7, 11) is 1.66. The Bertz CT molecular complexity index is 922. The van der Waals surface area contributed by atoms with Crippen molar-refractivity contribution in [3.63, 3.8) is 0 Å². The quantitative estimate of drug-likeness (QED) is 0.780. The SMILES string of the molecule is C=CCN1CCC2(CC1)CN(C(=O)Nc1cccc(F)c1)c1ccc(OC)cc12. The van der Waals surface area contributed by atoms with Crippen molar-refractivity contribution < 1.29 is 13.9 Å². The van der Waals surface area contributed by atoms with Crippen molar-refractivity contribution in [3.05, 3.63) is 66.5 Å². The van der Waals surface area contributed by atoms with Crippen molar-refractivity contribution in [2.75, 3.05) is 43.5 Å². The maximum absolute atomic E-state index is 13.5. The molecule has 5 nitrogen and oxygen atoms in total. The molecule has 2 aliphatic rings. The van der Waals surface area contributed by atoms with Gasteiger partial charge in [0.2, 0.25) is 0 Å². The van der Waals surface area contributed by atoms with E-state index in [1.165, 1.54) is 12.1 Å². The Morgan fingerprint density at radius 3 is 2.76 bits per heavy atom. The van der Waals surface area contributed by atoms with Crippen LogP contribution in [0, 0.1) is 5.82 Å². The van der Waals surface area contributed by atoms with Crippen LogP contribution in [-0.4, -0.2) is 44.2 Å². The van der Waals surface area contributed by atoms with Crippen LogP contribution in [0.2, 0.25) is 0 Å². The molecule has 1 spiro atoms. The number of methoxy groups -OCH3 is 1. The van der Waals surface area contributed by atoms with E-state index in [1.807, 2.05) is 18.2 Å². The van der Waals surface area contributed by atoms with E-state index >= 15 is 0 Å². The van der Waals surface area contributed by atoms with Gasteiger partial charge in [0, 0.05) is 29.9 Å². The number of rotatable bonds is 4. The lowest BCUT2D eigenvalue weighted by Gasteiger charge is -2.39. The van der Waals surface area contributed by atoms with Gasteiger partial charge in [0.25, 0.3) is 0 Å². The van der Waals surface area contributed by atoms with Crippen molar-refractivity contribution in [2.45, 2.75) is 18.3 Å². The summed E-state index contributed by atoms with van der Waals surface area (Å²) in [5.74, 6) is 0.421. The molecule has 1 fully saturated rings. The number of piperidine rings is 1. The largest absolute Gasteiger partial charge is 0.497 e. The first kappa shape index (κ1) is 19.5. The highest BCUT2D eigenvalue weighted by Gasteiger charge is 2.46. The molecule has 2 aromatic rings. The fourth-order valence-electron chi connectivity index (χ4n) is 4.49. The molecule has 1 N–H and O–H groups in total. The molecule has 0 saturated carbocycles. The monoisotopic (exact) mass is 395 g/mol. The van der Waals surface area contributed by atoms with E-state index in [0.717, 1.165) is 49.5 Å². The van der Waals surface area contributed by atoms with Gasteiger partial charge in [0.15, 0.2) is 0 Å². The third kappa shape index (κ3) is 3.72. The Morgan fingerprint density at radius 2 is 2.07 bits per heavy atom. The van der Waals surface area contributed by atoms with Crippen molar-refractivity contribution in [1.29, 1.82) is 0 Å². The summed E-state index contributed by atoms with van der Waals surface area (Å²) in [6.45, 7) is 7.25. The lowest BCUT2D eigenvalue weighted by Crippen LogP contribution is -2.46. The van der Waals surface area contributed by atoms with Crippen LogP contribution >= 0.6 is 0 Å². The predicted octanol–water partition coefficient (Wildman–Crippen LogP) is 4.41. The number of likely N-dealkylation sites (tertiary alicyclic amines) is 1. The van der Waals surface area contributed by atoms with Gasteiger partial charge in [-0.1, -0.05) is 12.1 Å². The second-order valence-electron chi connectivity index (χ2n) is 7.78. The predicted molar refractivity (Wildman–Crippen MR) is 113 cm³/mol. The number of halogens is 1. The summed E-state index contributed by atoms with van der Waals surface area (Å²) < 4.78 is 19.0. The second kappa shape index (κ2) is 7.87. The van der Waals surface area contributed by atoms with Gasteiger partial charge >= 0.3 is 6.03 Å². The molecule has 0 aliphatic carbocycles. The number of carbonyl (C=O) groups excluding carboxylic acids is 1. The minimum atomic E-state index is -0.375. The number of anilines is 2. The first-order valence-corrected chi connectivity index (χ1v) is 9.90. The Labute approximate surface area is 170 Å². The highest BCUT2D eigenvalue weighted by atomic mass is 19.1. The number of urea groups is 1. The number of carbonyl (C=O) groups is 1. The van der Waals surface area contributed by atoms with Gasteiger partial charge in [-0.3, -0.25) is 9.80 Å². The van der Waals surface area contributed by atoms with E-state index in [2.05, 4.69) is 22.9 Å². The number of ether oxygens (including phenoxy) is 1. The van der Waals surface area contributed by atoms with Crippen molar-refractivity contribution >= 4 is 17.4 Å². The molecule has 2 amide bonds. The molecule has 4 rings (SSSR count). The van der Waals surface area contributed by atoms with Crippen molar-refractivity contribution in [2.24, 2.45) is 0 Å². The van der Waals surface area contributed by atoms with Crippen molar-refractivity contribution in [3.8, 4) is 5.75 Å². The van der Waals surface area contributed by atoms with E-state index in [9.17, 15) is 9.18 Å². The second-order valence-corrected chi connectivity index (χ2v) is 7.78. The summed E-state index contributed by atoms with van der Waals surface area (Å²) in [6, 6.07) is 11.6. The summed E-state index contributed by atoms with van der Waals surface area (Å²) >= 11 is 0. The van der Waals surface area contributed by atoms with E-state index in [4.69, 9.17) is 4.74 Å². The number of fused-ring (bicyclic) bond motifs is 2. The number of nitrogens with one attached hydrogen (secondary N) is 1. The average molecular weight is 395 g/mol. The van der Waals surface area contributed by atoms with E-state index in [-0.39, 0.29) is 17.3 Å². The van der Waals surface area contributed by atoms with E-state index in [1.54, 1.807) is 24.1 Å².